The van der Waals surface area contributed by atoms with Gasteiger partial charge in [-0.2, -0.15) is 0 Å². The van der Waals surface area contributed by atoms with E-state index in [0.29, 0.717) is 18.9 Å². The fourth-order valence-electron chi connectivity index (χ4n) is 3.91. The monoisotopic (exact) mass is 314 g/mol. The zero-order valence-corrected chi connectivity index (χ0v) is 14.0. The van der Waals surface area contributed by atoms with E-state index in [4.69, 9.17) is 0 Å². The van der Waals surface area contributed by atoms with Gasteiger partial charge in [0.05, 0.1) is 12.0 Å². The number of hydrogen-bond donors (Lipinski definition) is 1. The number of carbonyl (C=O) groups is 2. The topological polar surface area (TPSA) is 49.4 Å². The van der Waals surface area contributed by atoms with Gasteiger partial charge in [-0.25, -0.2) is 0 Å². The van der Waals surface area contributed by atoms with Crippen molar-refractivity contribution >= 4 is 11.8 Å². The van der Waals surface area contributed by atoms with E-state index in [-0.39, 0.29) is 23.8 Å². The lowest BCUT2D eigenvalue weighted by Crippen LogP contribution is -2.48. The first kappa shape index (κ1) is 16.0. The number of likely N-dealkylation sites (tertiary alicyclic amines) is 1. The quantitative estimate of drug-likeness (QED) is 0.932. The second-order valence-electron chi connectivity index (χ2n) is 7.00. The molecule has 2 aliphatic rings. The minimum absolute atomic E-state index is 0.113. The van der Waals surface area contributed by atoms with Crippen molar-refractivity contribution in [3.05, 3.63) is 35.4 Å². The molecular formula is C19H26N2O2. The first-order chi connectivity index (χ1) is 11.1. The maximum absolute atomic E-state index is 12.8. The van der Waals surface area contributed by atoms with Crippen LogP contribution in [0.2, 0.25) is 0 Å². The van der Waals surface area contributed by atoms with Crippen molar-refractivity contribution in [1.29, 1.82) is 0 Å². The van der Waals surface area contributed by atoms with Crippen LogP contribution in [0.3, 0.4) is 0 Å². The van der Waals surface area contributed by atoms with Gasteiger partial charge in [0.2, 0.25) is 11.8 Å². The molecule has 0 bridgehead atoms. The van der Waals surface area contributed by atoms with Crippen LogP contribution >= 0.6 is 0 Å². The number of piperidine rings is 1. The lowest BCUT2D eigenvalue weighted by molar-refractivity contribution is -0.141. The Morgan fingerprint density at radius 3 is 2.43 bits per heavy atom. The van der Waals surface area contributed by atoms with E-state index in [9.17, 15) is 9.59 Å². The standard InChI is InChI=1S/C19H26N2O2/c1-13-7-9-14(10-8-13)18-16(11-12-17(22)21(18)2)19(23)20-15-5-3-4-6-15/h7-10,15-16,18H,3-6,11-12H2,1-2H3,(H,20,23). The van der Waals surface area contributed by atoms with Gasteiger partial charge in [-0.05, 0) is 31.7 Å². The summed E-state index contributed by atoms with van der Waals surface area (Å²) in [5.41, 5.74) is 2.24. The smallest absolute Gasteiger partial charge is 0.225 e. The average molecular weight is 314 g/mol. The van der Waals surface area contributed by atoms with Gasteiger partial charge in [0.15, 0.2) is 0 Å². The highest BCUT2D eigenvalue weighted by Crippen LogP contribution is 2.36. The molecule has 1 N–H and O–H groups in total. The van der Waals surface area contributed by atoms with Crippen LogP contribution in [0.5, 0.6) is 0 Å². The number of rotatable bonds is 3. The molecule has 1 saturated heterocycles. The van der Waals surface area contributed by atoms with Gasteiger partial charge in [-0.15, -0.1) is 0 Å². The van der Waals surface area contributed by atoms with Gasteiger partial charge in [-0.3, -0.25) is 9.59 Å². The van der Waals surface area contributed by atoms with Gasteiger partial charge >= 0.3 is 0 Å². The number of benzene rings is 1. The van der Waals surface area contributed by atoms with Crippen molar-refractivity contribution < 1.29 is 9.59 Å². The summed E-state index contributed by atoms with van der Waals surface area (Å²) in [6, 6.07) is 8.36. The van der Waals surface area contributed by atoms with Crippen molar-refractivity contribution in [3.63, 3.8) is 0 Å². The van der Waals surface area contributed by atoms with E-state index in [1.54, 1.807) is 4.90 Å². The van der Waals surface area contributed by atoms with Gasteiger partial charge in [0.25, 0.3) is 0 Å². The third-order valence-corrected chi connectivity index (χ3v) is 5.32. The molecule has 4 nitrogen and oxygen atoms in total. The summed E-state index contributed by atoms with van der Waals surface area (Å²) in [6.07, 6.45) is 5.68. The Bertz CT molecular complexity index is 576. The Morgan fingerprint density at radius 2 is 1.78 bits per heavy atom. The van der Waals surface area contributed by atoms with Crippen molar-refractivity contribution in [1.82, 2.24) is 10.2 Å². The normalized spacial score (nSPS) is 25.7. The summed E-state index contributed by atoms with van der Waals surface area (Å²) in [5.74, 6) is 0.0864. The summed E-state index contributed by atoms with van der Waals surface area (Å²) >= 11 is 0. The summed E-state index contributed by atoms with van der Waals surface area (Å²) < 4.78 is 0. The van der Waals surface area contributed by atoms with Crippen molar-refractivity contribution in [2.45, 2.75) is 57.5 Å². The maximum atomic E-state index is 12.8. The van der Waals surface area contributed by atoms with Crippen LogP contribution in [0.15, 0.2) is 24.3 Å². The van der Waals surface area contributed by atoms with Crippen LogP contribution in [0.4, 0.5) is 0 Å². The fraction of sp³-hybridized carbons (Fsp3) is 0.579. The zero-order chi connectivity index (χ0) is 16.4. The average Bonchev–Trinajstić information content (AvgIpc) is 3.04. The molecule has 0 aromatic heterocycles. The third kappa shape index (κ3) is 3.41. The zero-order valence-electron chi connectivity index (χ0n) is 14.0. The Kier molecular flexibility index (Phi) is 4.69. The lowest BCUT2D eigenvalue weighted by Gasteiger charge is -2.39. The minimum atomic E-state index is -0.154. The van der Waals surface area contributed by atoms with E-state index in [2.05, 4.69) is 5.32 Å². The largest absolute Gasteiger partial charge is 0.353 e. The van der Waals surface area contributed by atoms with E-state index in [1.165, 1.54) is 18.4 Å². The number of nitrogens with one attached hydrogen (secondary N) is 1. The molecule has 0 spiro atoms. The lowest BCUT2D eigenvalue weighted by atomic mass is 9.83. The van der Waals surface area contributed by atoms with Crippen LogP contribution in [0, 0.1) is 12.8 Å². The molecule has 124 valence electrons. The van der Waals surface area contributed by atoms with E-state index in [0.717, 1.165) is 18.4 Å². The van der Waals surface area contributed by atoms with Crippen molar-refractivity contribution in [2.24, 2.45) is 5.92 Å². The van der Waals surface area contributed by atoms with Crippen molar-refractivity contribution in [2.75, 3.05) is 7.05 Å². The van der Waals surface area contributed by atoms with Crippen molar-refractivity contribution in [3.8, 4) is 0 Å². The highest BCUT2D eigenvalue weighted by Gasteiger charge is 2.39. The molecule has 1 aromatic carbocycles. The number of nitrogens with zero attached hydrogens (tertiary/aromatic N) is 1. The summed E-state index contributed by atoms with van der Waals surface area (Å²) in [7, 11) is 1.82. The number of amides is 2. The number of aryl methyl sites for hydroxylation is 1. The van der Waals surface area contributed by atoms with Gasteiger partial charge in [0.1, 0.15) is 0 Å². The first-order valence-electron chi connectivity index (χ1n) is 8.69. The molecule has 23 heavy (non-hydrogen) atoms. The Hall–Kier alpha value is -1.84. The molecule has 1 aliphatic carbocycles. The molecule has 2 amide bonds. The Balaban J connectivity index is 1.81. The van der Waals surface area contributed by atoms with E-state index >= 15 is 0 Å². The molecule has 1 saturated carbocycles. The van der Waals surface area contributed by atoms with E-state index in [1.807, 2.05) is 38.2 Å². The third-order valence-electron chi connectivity index (χ3n) is 5.32. The van der Waals surface area contributed by atoms with E-state index < -0.39 is 0 Å². The fourth-order valence-corrected chi connectivity index (χ4v) is 3.91. The van der Waals surface area contributed by atoms with Crippen LogP contribution in [0.25, 0.3) is 0 Å². The van der Waals surface area contributed by atoms with Gasteiger partial charge in [0, 0.05) is 19.5 Å². The van der Waals surface area contributed by atoms with Crippen LogP contribution in [0.1, 0.15) is 55.7 Å². The minimum Gasteiger partial charge on any atom is -0.353 e. The summed E-state index contributed by atoms with van der Waals surface area (Å²) in [5, 5.41) is 3.22. The molecule has 4 heteroatoms. The first-order valence-corrected chi connectivity index (χ1v) is 8.69. The highest BCUT2D eigenvalue weighted by atomic mass is 16.2. The molecule has 3 rings (SSSR count). The Labute approximate surface area is 138 Å². The summed E-state index contributed by atoms with van der Waals surface area (Å²) in [4.78, 5) is 26.7. The number of hydrogen-bond acceptors (Lipinski definition) is 2. The van der Waals surface area contributed by atoms with Crippen LogP contribution in [-0.2, 0) is 9.59 Å². The number of carbonyl (C=O) groups excluding carboxylic acids is 2. The molecule has 2 atom stereocenters. The summed E-state index contributed by atoms with van der Waals surface area (Å²) in [6.45, 7) is 2.05. The molecule has 1 heterocycles. The van der Waals surface area contributed by atoms with Gasteiger partial charge < -0.3 is 10.2 Å². The van der Waals surface area contributed by atoms with Crippen LogP contribution < -0.4 is 5.32 Å². The molecule has 1 aromatic rings. The van der Waals surface area contributed by atoms with Crippen LogP contribution in [-0.4, -0.2) is 29.8 Å². The second kappa shape index (κ2) is 6.73. The molecule has 2 fully saturated rings. The predicted octanol–water partition coefficient (Wildman–Crippen LogP) is 2.96. The molecule has 0 radical (unpaired) electrons. The maximum Gasteiger partial charge on any atom is 0.225 e. The SMILES string of the molecule is Cc1ccc(C2C(C(=O)NC3CCCC3)CCC(=O)N2C)cc1. The molecule has 1 aliphatic heterocycles. The molecule has 2 unspecified atom stereocenters. The molecular weight excluding hydrogens is 288 g/mol. The highest BCUT2D eigenvalue weighted by molar-refractivity contribution is 5.85. The second-order valence-corrected chi connectivity index (χ2v) is 7.00. The Morgan fingerprint density at radius 1 is 1.13 bits per heavy atom. The van der Waals surface area contributed by atoms with Gasteiger partial charge in [-0.1, -0.05) is 42.7 Å². The predicted molar refractivity (Wildman–Crippen MR) is 89.8 cm³/mol.